The van der Waals surface area contributed by atoms with Gasteiger partial charge in [-0.3, -0.25) is 9.35 Å². The summed E-state index contributed by atoms with van der Waals surface area (Å²) in [5.74, 6) is -0.860. The Kier molecular flexibility index (Phi) is 7.16. The molecule has 2 heterocycles. The molecule has 7 nitrogen and oxygen atoms in total. The summed E-state index contributed by atoms with van der Waals surface area (Å²) in [5.41, 5.74) is 0.820. The highest BCUT2D eigenvalue weighted by Gasteiger charge is 2.40. The minimum absolute atomic E-state index is 0.00367. The van der Waals surface area contributed by atoms with Gasteiger partial charge in [-0.05, 0) is 38.3 Å². The molecule has 0 radical (unpaired) electrons. The molecule has 1 unspecified atom stereocenters. The van der Waals surface area contributed by atoms with Crippen LogP contribution in [-0.2, 0) is 19.6 Å². The molecule has 2 saturated heterocycles. The first kappa shape index (κ1) is 20.8. The van der Waals surface area contributed by atoms with Gasteiger partial charge in [-0.25, -0.2) is 0 Å². The zero-order valence-corrected chi connectivity index (χ0v) is 15.9. The molecule has 1 aromatic rings. The number of nitrogens with zero attached hydrogens (tertiary/aromatic N) is 1. The normalized spacial score (nSPS) is 26.5. The maximum absolute atomic E-state index is 12.4. The van der Waals surface area contributed by atoms with Gasteiger partial charge in [0.1, 0.15) is 12.0 Å². The summed E-state index contributed by atoms with van der Waals surface area (Å²) in [6.45, 7) is -0.206. The van der Waals surface area contributed by atoms with Gasteiger partial charge in [0, 0.05) is 12.1 Å². The van der Waals surface area contributed by atoms with Crippen molar-refractivity contribution in [3.8, 4) is 0 Å². The largest absolute Gasteiger partial charge is 0.462 e. The molecule has 26 heavy (non-hydrogen) atoms. The smallest absolute Gasteiger partial charge is 0.316 e. The van der Waals surface area contributed by atoms with Crippen molar-refractivity contribution in [1.82, 2.24) is 4.90 Å². The molecule has 2 bridgehead atoms. The third-order valence-electron chi connectivity index (χ3n) is 5.01. The van der Waals surface area contributed by atoms with E-state index in [1.807, 2.05) is 30.3 Å². The van der Waals surface area contributed by atoms with Crippen LogP contribution < -0.4 is 0 Å². The molecule has 0 spiro atoms. The second kappa shape index (κ2) is 8.94. The van der Waals surface area contributed by atoms with E-state index >= 15 is 0 Å². The lowest BCUT2D eigenvalue weighted by molar-refractivity contribution is -0.155. The van der Waals surface area contributed by atoms with Crippen LogP contribution in [0.2, 0.25) is 0 Å². The summed E-state index contributed by atoms with van der Waals surface area (Å²) in [6.07, 6.45) is 4.97. The van der Waals surface area contributed by atoms with Crippen LogP contribution in [0.1, 0.15) is 37.2 Å². The number of hydrogen-bond acceptors (Lipinski definition) is 6. The zero-order chi connectivity index (χ0) is 19.3. The van der Waals surface area contributed by atoms with Crippen LogP contribution in [0.5, 0.6) is 0 Å². The lowest BCUT2D eigenvalue weighted by atomic mass is 9.98. The number of hydrogen-bond donors (Lipinski definition) is 2. The van der Waals surface area contributed by atoms with Crippen LogP contribution in [-0.4, -0.2) is 67.0 Å². The lowest BCUT2D eigenvalue weighted by Gasteiger charge is -2.36. The van der Waals surface area contributed by atoms with Crippen molar-refractivity contribution in [1.29, 1.82) is 0 Å². The highest BCUT2D eigenvalue weighted by atomic mass is 32.2. The van der Waals surface area contributed by atoms with Gasteiger partial charge < -0.3 is 14.7 Å². The quantitative estimate of drug-likeness (QED) is 0.597. The van der Waals surface area contributed by atoms with Crippen LogP contribution in [0, 0.1) is 0 Å². The van der Waals surface area contributed by atoms with Crippen molar-refractivity contribution in [2.45, 2.75) is 49.8 Å². The molecular weight excluding hydrogens is 358 g/mol. The SMILES string of the molecule is CN1[C@@H]2CC[C@H]1C[C@@H](OC(=O)C(CO)c1ccccc1)C2.CS(=O)(=O)O. The molecule has 2 aliphatic heterocycles. The fourth-order valence-electron chi connectivity index (χ4n) is 3.71. The highest BCUT2D eigenvalue weighted by molar-refractivity contribution is 7.85. The molecule has 1 aromatic carbocycles. The van der Waals surface area contributed by atoms with Crippen LogP contribution in [0.25, 0.3) is 0 Å². The van der Waals surface area contributed by atoms with Crippen molar-refractivity contribution >= 4 is 16.1 Å². The Balaban J connectivity index is 0.000000431. The first-order valence-electron chi connectivity index (χ1n) is 8.69. The standard InChI is InChI=1S/C17H23NO3.CH4O3S/c1-18-13-7-8-14(18)10-15(9-13)21-17(20)16(11-19)12-5-3-2-4-6-12;1-5(2,3)4/h2-6,13-16,19H,7-11H2,1H3;1H3,(H,2,3,4)/t13-,14+,15+,16?;. The molecule has 2 aliphatic rings. The van der Waals surface area contributed by atoms with Crippen molar-refractivity contribution in [3.63, 3.8) is 0 Å². The zero-order valence-electron chi connectivity index (χ0n) is 15.1. The number of piperidine rings is 1. The summed E-state index contributed by atoms with van der Waals surface area (Å²) in [4.78, 5) is 14.8. The second-order valence-corrected chi connectivity index (χ2v) is 8.43. The van der Waals surface area contributed by atoms with Gasteiger partial charge in [0.25, 0.3) is 10.1 Å². The van der Waals surface area contributed by atoms with Gasteiger partial charge in [0.2, 0.25) is 0 Å². The number of rotatable bonds is 4. The average Bonchev–Trinajstić information content (AvgIpc) is 2.77. The molecule has 3 rings (SSSR count). The summed E-state index contributed by atoms with van der Waals surface area (Å²) in [7, 11) is -1.50. The van der Waals surface area contributed by atoms with E-state index in [-0.39, 0.29) is 18.7 Å². The molecule has 2 fully saturated rings. The maximum Gasteiger partial charge on any atom is 0.316 e. The first-order chi connectivity index (χ1) is 12.2. The van der Waals surface area contributed by atoms with E-state index in [0.29, 0.717) is 18.3 Å². The monoisotopic (exact) mass is 385 g/mol. The Morgan fingerprint density at radius 1 is 1.23 bits per heavy atom. The molecule has 0 amide bonds. The molecule has 0 aliphatic carbocycles. The molecule has 4 atom stereocenters. The predicted molar refractivity (Wildman–Crippen MR) is 97.4 cm³/mol. The van der Waals surface area contributed by atoms with Gasteiger partial charge in [0.05, 0.1) is 12.9 Å². The van der Waals surface area contributed by atoms with Crippen LogP contribution in [0.4, 0.5) is 0 Å². The van der Waals surface area contributed by atoms with Crippen molar-refractivity contribution in [3.05, 3.63) is 35.9 Å². The third kappa shape index (κ3) is 6.05. The van der Waals surface area contributed by atoms with E-state index in [2.05, 4.69) is 11.9 Å². The fraction of sp³-hybridized carbons (Fsp3) is 0.611. The predicted octanol–water partition coefficient (Wildman–Crippen LogP) is 1.43. The summed E-state index contributed by atoms with van der Waals surface area (Å²) >= 11 is 0. The number of carbonyl (C=O) groups is 1. The number of benzene rings is 1. The van der Waals surface area contributed by atoms with Crippen molar-refractivity contribution in [2.24, 2.45) is 0 Å². The Labute approximate surface area is 154 Å². The molecule has 0 aromatic heterocycles. The molecule has 146 valence electrons. The van der Waals surface area contributed by atoms with Gasteiger partial charge in [0.15, 0.2) is 0 Å². The number of fused-ring (bicyclic) bond motifs is 2. The minimum atomic E-state index is -3.67. The van der Waals surface area contributed by atoms with E-state index < -0.39 is 16.0 Å². The van der Waals surface area contributed by atoms with E-state index in [4.69, 9.17) is 9.29 Å². The van der Waals surface area contributed by atoms with Gasteiger partial charge >= 0.3 is 5.97 Å². The third-order valence-corrected chi connectivity index (χ3v) is 5.01. The van der Waals surface area contributed by atoms with E-state index in [0.717, 1.165) is 18.4 Å². The van der Waals surface area contributed by atoms with E-state index in [9.17, 15) is 18.3 Å². The first-order valence-corrected chi connectivity index (χ1v) is 10.5. The van der Waals surface area contributed by atoms with E-state index in [1.165, 1.54) is 12.8 Å². The lowest BCUT2D eigenvalue weighted by Crippen LogP contribution is -2.43. The summed E-state index contributed by atoms with van der Waals surface area (Å²) in [5, 5.41) is 9.53. The van der Waals surface area contributed by atoms with Crippen LogP contribution >= 0.6 is 0 Å². The highest BCUT2D eigenvalue weighted by Crippen LogP contribution is 2.36. The molecule has 2 N–H and O–H groups in total. The number of carbonyl (C=O) groups excluding carboxylic acids is 1. The Morgan fingerprint density at radius 3 is 2.19 bits per heavy atom. The van der Waals surface area contributed by atoms with Crippen LogP contribution in [0.3, 0.4) is 0 Å². The fourth-order valence-corrected chi connectivity index (χ4v) is 3.71. The molecule has 8 heteroatoms. The average molecular weight is 385 g/mol. The number of ether oxygens (including phenoxy) is 1. The van der Waals surface area contributed by atoms with Gasteiger partial charge in [-0.1, -0.05) is 30.3 Å². The van der Waals surface area contributed by atoms with Gasteiger partial charge in [-0.2, -0.15) is 8.42 Å². The number of aliphatic hydroxyl groups excluding tert-OH is 1. The minimum Gasteiger partial charge on any atom is -0.462 e. The van der Waals surface area contributed by atoms with Crippen LogP contribution in [0.15, 0.2) is 30.3 Å². The number of esters is 1. The van der Waals surface area contributed by atoms with Crippen molar-refractivity contribution < 1.29 is 27.6 Å². The van der Waals surface area contributed by atoms with E-state index in [1.54, 1.807) is 0 Å². The molecular formula is C18H27NO6S. The van der Waals surface area contributed by atoms with Crippen molar-refractivity contribution in [2.75, 3.05) is 19.9 Å². The maximum atomic E-state index is 12.4. The topological polar surface area (TPSA) is 104 Å². The second-order valence-electron chi connectivity index (χ2n) is 6.96. The Bertz CT molecular complexity index is 671. The Morgan fingerprint density at radius 2 is 1.73 bits per heavy atom. The summed E-state index contributed by atoms with van der Waals surface area (Å²) < 4.78 is 31.6. The molecule has 0 saturated carbocycles. The number of aliphatic hydroxyl groups is 1. The summed E-state index contributed by atoms with van der Waals surface area (Å²) in [6, 6.07) is 10.5. The van der Waals surface area contributed by atoms with Gasteiger partial charge in [-0.15, -0.1) is 0 Å². The Hall–Kier alpha value is -1.48.